The molecule has 0 fully saturated rings. The van der Waals surface area contributed by atoms with E-state index in [2.05, 4.69) is 0 Å². The number of hydrogen-bond acceptors (Lipinski definition) is 3. The SMILES string of the molecule is CCO[P@@](=O)(c1ccccc1Cl)[C@@H](O)C(Cl)(Cl)Cl. The molecule has 0 saturated heterocycles. The second-order valence-corrected chi connectivity index (χ2v) is 8.58. The summed E-state index contributed by atoms with van der Waals surface area (Å²) in [4.78, 5) is 0. The van der Waals surface area contributed by atoms with E-state index in [-0.39, 0.29) is 16.9 Å². The fraction of sp³-hybridized carbons (Fsp3) is 0.400. The number of halogens is 4. The van der Waals surface area contributed by atoms with Crippen LogP contribution in [-0.2, 0) is 9.09 Å². The molecule has 102 valence electrons. The molecule has 0 amide bonds. The molecule has 8 heteroatoms. The Kier molecular flexibility index (Phi) is 5.82. The van der Waals surface area contributed by atoms with Crippen molar-refractivity contribution in [1.82, 2.24) is 0 Å². The van der Waals surface area contributed by atoms with E-state index >= 15 is 0 Å². The summed E-state index contributed by atoms with van der Waals surface area (Å²) in [7, 11) is -3.79. The predicted molar refractivity (Wildman–Crippen MR) is 76.6 cm³/mol. The van der Waals surface area contributed by atoms with Gasteiger partial charge in [-0.25, -0.2) is 0 Å². The van der Waals surface area contributed by atoms with Gasteiger partial charge >= 0.3 is 0 Å². The highest BCUT2D eigenvalue weighted by Gasteiger charge is 2.48. The first-order valence-electron chi connectivity index (χ1n) is 4.97. The lowest BCUT2D eigenvalue weighted by Crippen LogP contribution is -2.31. The molecule has 0 unspecified atom stereocenters. The van der Waals surface area contributed by atoms with Crippen molar-refractivity contribution in [2.75, 3.05) is 6.61 Å². The van der Waals surface area contributed by atoms with Crippen LogP contribution in [0, 0.1) is 0 Å². The zero-order valence-electron chi connectivity index (χ0n) is 9.32. The van der Waals surface area contributed by atoms with Crippen LogP contribution in [-0.4, -0.2) is 21.4 Å². The van der Waals surface area contributed by atoms with Gasteiger partial charge in [0.2, 0.25) is 3.79 Å². The van der Waals surface area contributed by atoms with Crippen molar-refractivity contribution in [3.05, 3.63) is 29.3 Å². The summed E-state index contributed by atoms with van der Waals surface area (Å²) in [6.45, 7) is 1.70. The van der Waals surface area contributed by atoms with Crippen molar-refractivity contribution < 1.29 is 14.2 Å². The van der Waals surface area contributed by atoms with Crippen molar-refractivity contribution in [2.45, 2.75) is 16.6 Å². The van der Waals surface area contributed by atoms with Crippen molar-refractivity contribution in [1.29, 1.82) is 0 Å². The fourth-order valence-corrected chi connectivity index (χ4v) is 4.99. The molecular weight excluding hydrogens is 341 g/mol. The maximum absolute atomic E-state index is 12.8. The standard InChI is InChI=1S/C10H11Cl4O3P/c1-2-17-18(16,9(15)10(12,13)14)8-6-4-3-5-7(8)11/h3-6,9,15H,2H2,1H3/t9-,18+/m1/s1. The van der Waals surface area contributed by atoms with Crippen LogP contribution >= 0.6 is 53.8 Å². The number of rotatable bonds is 4. The van der Waals surface area contributed by atoms with E-state index in [1.807, 2.05) is 0 Å². The lowest BCUT2D eigenvalue weighted by atomic mass is 10.4. The second kappa shape index (κ2) is 6.32. The second-order valence-electron chi connectivity index (χ2n) is 3.38. The molecule has 0 bridgehead atoms. The first kappa shape index (κ1) is 16.6. The van der Waals surface area contributed by atoms with Crippen molar-refractivity contribution in [3.63, 3.8) is 0 Å². The van der Waals surface area contributed by atoms with Crippen molar-refractivity contribution >= 4 is 59.1 Å². The van der Waals surface area contributed by atoms with Gasteiger partial charge in [0.1, 0.15) is 0 Å². The van der Waals surface area contributed by atoms with E-state index in [4.69, 9.17) is 50.9 Å². The Balaban J connectivity index is 3.33. The lowest BCUT2D eigenvalue weighted by molar-refractivity contribution is 0.218. The minimum absolute atomic E-state index is 0.0836. The number of aliphatic hydroxyl groups is 1. The van der Waals surface area contributed by atoms with Gasteiger partial charge in [0.15, 0.2) is 5.85 Å². The van der Waals surface area contributed by atoms with Gasteiger partial charge in [0, 0.05) is 0 Å². The summed E-state index contributed by atoms with van der Waals surface area (Å²) < 4.78 is 15.8. The average molecular weight is 352 g/mol. The monoisotopic (exact) mass is 350 g/mol. The highest BCUT2D eigenvalue weighted by Crippen LogP contribution is 2.58. The maximum Gasteiger partial charge on any atom is 0.265 e. The van der Waals surface area contributed by atoms with Crippen LogP contribution in [0.3, 0.4) is 0 Å². The molecule has 0 aliphatic carbocycles. The Morgan fingerprint density at radius 3 is 2.39 bits per heavy atom. The molecule has 0 saturated carbocycles. The molecule has 3 nitrogen and oxygen atoms in total. The zero-order chi connectivity index (χ0) is 14.0. The molecule has 0 aliphatic heterocycles. The Hall–Kier alpha value is 0.530. The average Bonchev–Trinajstić information content (AvgIpc) is 2.27. The van der Waals surface area contributed by atoms with Crippen LogP contribution in [0.5, 0.6) is 0 Å². The third-order valence-corrected chi connectivity index (χ3v) is 6.40. The van der Waals surface area contributed by atoms with E-state index in [9.17, 15) is 9.67 Å². The normalized spacial score (nSPS) is 17.2. The van der Waals surface area contributed by atoms with Crippen LogP contribution in [0.2, 0.25) is 5.02 Å². The van der Waals surface area contributed by atoms with Gasteiger partial charge in [-0.05, 0) is 19.1 Å². The number of alkyl halides is 3. The van der Waals surface area contributed by atoms with Crippen LogP contribution < -0.4 is 5.30 Å². The molecule has 0 spiro atoms. The van der Waals surface area contributed by atoms with Crippen LogP contribution in [0.4, 0.5) is 0 Å². The third kappa shape index (κ3) is 3.55. The molecule has 1 rings (SSSR count). The van der Waals surface area contributed by atoms with Crippen LogP contribution in [0.15, 0.2) is 24.3 Å². The quantitative estimate of drug-likeness (QED) is 0.659. The molecule has 0 radical (unpaired) electrons. The van der Waals surface area contributed by atoms with Gasteiger partial charge in [-0.15, -0.1) is 0 Å². The number of hydrogen-bond donors (Lipinski definition) is 1. The first-order chi connectivity index (χ1) is 8.23. The molecule has 1 aromatic rings. The van der Waals surface area contributed by atoms with E-state index in [0.29, 0.717) is 0 Å². The Bertz CT molecular complexity index is 461. The molecule has 1 N–H and O–H groups in total. The lowest BCUT2D eigenvalue weighted by Gasteiger charge is -2.28. The van der Waals surface area contributed by atoms with Crippen LogP contribution in [0.25, 0.3) is 0 Å². The zero-order valence-corrected chi connectivity index (χ0v) is 13.2. The molecule has 0 heterocycles. The van der Waals surface area contributed by atoms with E-state index in [0.717, 1.165) is 0 Å². The highest BCUT2D eigenvalue weighted by molar-refractivity contribution is 7.68. The molecule has 1 aromatic carbocycles. The number of aliphatic hydroxyl groups excluding tert-OH is 1. The molecule has 2 atom stereocenters. The fourth-order valence-electron chi connectivity index (χ4n) is 1.36. The summed E-state index contributed by atoms with van der Waals surface area (Å²) in [5, 5.41) is 10.3. The summed E-state index contributed by atoms with van der Waals surface area (Å²) in [6.07, 6.45) is 0. The van der Waals surface area contributed by atoms with Crippen LogP contribution in [0.1, 0.15) is 6.92 Å². The smallest absolute Gasteiger partial charge is 0.265 e. The van der Waals surface area contributed by atoms with Gasteiger partial charge < -0.3 is 9.63 Å². The largest absolute Gasteiger partial charge is 0.379 e. The summed E-state index contributed by atoms with van der Waals surface area (Å²) >= 11 is 22.7. The minimum atomic E-state index is -3.79. The Labute approximate surface area is 125 Å². The van der Waals surface area contributed by atoms with E-state index < -0.39 is 17.0 Å². The van der Waals surface area contributed by atoms with Crippen molar-refractivity contribution in [2.24, 2.45) is 0 Å². The number of benzene rings is 1. The minimum Gasteiger partial charge on any atom is -0.379 e. The summed E-state index contributed by atoms with van der Waals surface area (Å²) in [5.74, 6) is -1.80. The van der Waals surface area contributed by atoms with Gasteiger partial charge in [0.25, 0.3) is 7.37 Å². The van der Waals surface area contributed by atoms with E-state index in [1.54, 1.807) is 19.1 Å². The molecule has 0 aliphatic rings. The summed E-state index contributed by atoms with van der Waals surface area (Å²) in [6, 6.07) is 6.26. The molecular formula is C10H11Cl4O3P. The van der Waals surface area contributed by atoms with Gasteiger partial charge in [-0.3, -0.25) is 4.57 Å². The predicted octanol–water partition coefficient (Wildman–Crippen LogP) is 3.97. The maximum atomic E-state index is 12.8. The molecule has 0 aromatic heterocycles. The van der Waals surface area contributed by atoms with E-state index in [1.165, 1.54) is 12.1 Å². The summed E-state index contributed by atoms with van der Waals surface area (Å²) in [5.41, 5.74) is 0. The van der Waals surface area contributed by atoms with Gasteiger partial charge in [0.05, 0.1) is 16.9 Å². The van der Waals surface area contributed by atoms with Gasteiger partial charge in [-0.1, -0.05) is 58.5 Å². The van der Waals surface area contributed by atoms with Gasteiger partial charge in [-0.2, -0.15) is 0 Å². The highest BCUT2D eigenvalue weighted by atomic mass is 35.6. The Morgan fingerprint density at radius 2 is 1.94 bits per heavy atom. The third-order valence-electron chi connectivity index (χ3n) is 2.12. The topological polar surface area (TPSA) is 46.5 Å². The van der Waals surface area contributed by atoms with Crippen molar-refractivity contribution in [3.8, 4) is 0 Å². The molecule has 18 heavy (non-hydrogen) atoms. The Morgan fingerprint density at radius 1 is 1.39 bits per heavy atom. The first-order valence-corrected chi connectivity index (χ1v) is 8.18.